The highest BCUT2D eigenvalue weighted by molar-refractivity contribution is 5.81. The second kappa shape index (κ2) is 10.3. The molecule has 1 aromatic carbocycles. The zero-order valence-electron chi connectivity index (χ0n) is 16.3. The molecule has 3 amide bonds. The van der Waals surface area contributed by atoms with Crippen LogP contribution in [-0.2, 0) is 11.2 Å². The summed E-state index contributed by atoms with van der Waals surface area (Å²) >= 11 is 0. The molecule has 1 saturated heterocycles. The summed E-state index contributed by atoms with van der Waals surface area (Å²) in [6.07, 6.45) is 9.11. The van der Waals surface area contributed by atoms with Crippen molar-refractivity contribution < 1.29 is 9.59 Å². The van der Waals surface area contributed by atoms with Gasteiger partial charge >= 0.3 is 6.03 Å². The lowest BCUT2D eigenvalue weighted by atomic mass is 9.82. The summed E-state index contributed by atoms with van der Waals surface area (Å²) in [6.45, 7) is 2.15. The summed E-state index contributed by atoms with van der Waals surface area (Å²) in [6, 6.07) is 10.3. The Bertz CT molecular complexity index is 605. The molecule has 2 atom stereocenters. The van der Waals surface area contributed by atoms with E-state index in [-0.39, 0.29) is 23.9 Å². The average molecular weight is 372 g/mol. The quantitative estimate of drug-likeness (QED) is 0.854. The Morgan fingerprint density at radius 3 is 2.67 bits per heavy atom. The average Bonchev–Trinajstić information content (AvgIpc) is 2.73. The highest BCUT2D eigenvalue weighted by Crippen LogP contribution is 2.29. The van der Waals surface area contributed by atoms with Gasteiger partial charge in [-0.3, -0.25) is 4.79 Å². The lowest BCUT2D eigenvalue weighted by Gasteiger charge is -2.39. The second-order valence-electron chi connectivity index (χ2n) is 7.82. The number of hydrogen-bond donors (Lipinski definition) is 2. The number of urea groups is 1. The van der Waals surface area contributed by atoms with Crippen LogP contribution < -0.4 is 10.6 Å². The van der Waals surface area contributed by atoms with Crippen molar-refractivity contribution in [3.8, 4) is 0 Å². The maximum absolute atomic E-state index is 13.0. The number of rotatable bonds is 3. The molecule has 5 nitrogen and oxygen atoms in total. The number of nitrogens with one attached hydrogen (secondary N) is 2. The van der Waals surface area contributed by atoms with Crippen LogP contribution in [-0.4, -0.2) is 42.5 Å². The fraction of sp³-hybridized carbons (Fsp3) is 0.636. The first-order valence-electron chi connectivity index (χ1n) is 10.6. The van der Waals surface area contributed by atoms with Crippen LogP contribution in [0.4, 0.5) is 4.79 Å². The molecule has 2 fully saturated rings. The molecular weight excluding hydrogens is 338 g/mol. The van der Waals surface area contributed by atoms with Gasteiger partial charge in [-0.1, -0.05) is 56.0 Å². The number of benzene rings is 1. The Morgan fingerprint density at radius 2 is 1.81 bits per heavy atom. The first-order valence-corrected chi connectivity index (χ1v) is 10.6. The SMILES string of the molecule is O=C1NCCCCCCN(C(=O)NCCc2ccccc2)C2CCCCC12. The molecule has 3 rings (SSSR count). The highest BCUT2D eigenvalue weighted by Gasteiger charge is 2.36. The van der Waals surface area contributed by atoms with E-state index in [4.69, 9.17) is 0 Å². The molecule has 1 aliphatic carbocycles. The number of fused-ring (bicyclic) bond motifs is 1. The fourth-order valence-electron chi connectivity index (χ4n) is 4.37. The third-order valence-corrected chi connectivity index (χ3v) is 5.89. The molecule has 2 N–H and O–H groups in total. The normalized spacial score (nSPS) is 24.3. The molecule has 1 aromatic rings. The van der Waals surface area contributed by atoms with Crippen LogP contribution in [0.15, 0.2) is 30.3 Å². The molecule has 27 heavy (non-hydrogen) atoms. The van der Waals surface area contributed by atoms with Gasteiger partial charge < -0.3 is 15.5 Å². The van der Waals surface area contributed by atoms with Crippen LogP contribution in [0.25, 0.3) is 0 Å². The van der Waals surface area contributed by atoms with Gasteiger partial charge in [-0.2, -0.15) is 0 Å². The monoisotopic (exact) mass is 371 g/mol. The standard InChI is InChI=1S/C22H33N3O2/c26-21-19-12-6-7-13-20(19)25(17-9-2-1-8-15-23-21)22(27)24-16-14-18-10-4-3-5-11-18/h3-5,10-11,19-20H,1-2,6-9,12-17H2,(H,23,26)(H,24,27). The summed E-state index contributed by atoms with van der Waals surface area (Å²) in [5.41, 5.74) is 1.23. The number of carbonyl (C=O) groups is 2. The number of carbonyl (C=O) groups excluding carboxylic acids is 2. The zero-order chi connectivity index (χ0) is 18.9. The maximum Gasteiger partial charge on any atom is 0.317 e. The molecule has 2 unspecified atom stereocenters. The lowest BCUT2D eigenvalue weighted by molar-refractivity contribution is -0.127. The van der Waals surface area contributed by atoms with E-state index in [1.807, 2.05) is 23.1 Å². The van der Waals surface area contributed by atoms with Gasteiger partial charge in [0.25, 0.3) is 0 Å². The highest BCUT2D eigenvalue weighted by atomic mass is 16.2. The van der Waals surface area contributed by atoms with Crippen molar-refractivity contribution in [3.05, 3.63) is 35.9 Å². The van der Waals surface area contributed by atoms with Crippen LogP contribution in [0.5, 0.6) is 0 Å². The van der Waals surface area contributed by atoms with Gasteiger partial charge in [0, 0.05) is 25.7 Å². The lowest BCUT2D eigenvalue weighted by Crippen LogP contribution is -2.54. The molecule has 148 valence electrons. The number of amides is 3. The minimum absolute atomic E-state index is 0.00474. The summed E-state index contributed by atoms with van der Waals surface area (Å²) in [4.78, 5) is 27.6. The van der Waals surface area contributed by atoms with E-state index in [0.29, 0.717) is 6.54 Å². The van der Waals surface area contributed by atoms with Crippen molar-refractivity contribution in [2.24, 2.45) is 5.92 Å². The van der Waals surface area contributed by atoms with Crippen molar-refractivity contribution in [3.63, 3.8) is 0 Å². The van der Waals surface area contributed by atoms with E-state index >= 15 is 0 Å². The zero-order valence-corrected chi connectivity index (χ0v) is 16.3. The van der Waals surface area contributed by atoms with Crippen molar-refractivity contribution in [2.75, 3.05) is 19.6 Å². The molecule has 1 aliphatic heterocycles. The van der Waals surface area contributed by atoms with Crippen LogP contribution in [0.1, 0.15) is 56.9 Å². The third-order valence-electron chi connectivity index (χ3n) is 5.89. The van der Waals surface area contributed by atoms with Gasteiger partial charge in [-0.25, -0.2) is 4.79 Å². The Balaban J connectivity index is 1.64. The first kappa shape index (κ1) is 19.7. The molecule has 2 aliphatic rings. The van der Waals surface area contributed by atoms with E-state index < -0.39 is 0 Å². The fourth-order valence-corrected chi connectivity index (χ4v) is 4.37. The summed E-state index contributed by atoms with van der Waals surface area (Å²) in [7, 11) is 0. The minimum Gasteiger partial charge on any atom is -0.356 e. The minimum atomic E-state index is -0.0586. The van der Waals surface area contributed by atoms with Crippen LogP contribution in [0.2, 0.25) is 0 Å². The van der Waals surface area contributed by atoms with E-state index in [9.17, 15) is 9.59 Å². The number of nitrogens with zero attached hydrogens (tertiary/aromatic N) is 1. The molecule has 1 heterocycles. The molecule has 0 aromatic heterocycles. The molecule has 0 bridgehead atoms. The topological polar surface area (TPSA) is 61.4 Å². The van der Waals surface area contributed by atoms with Crippen molar-refractivity contribution in [1.29, 1.82) is 0 Å². The largest absolute Gasteiger partial charge is 0.356 e. The van der Waals surface area contributed by atoms with Crippen molar-refractivity contribution >= 4 is 11.9 Å². The first-order chi connectivity index (χ1) is 13.3. The smallest absolute Gasteiger partial charge is 0.317 e. The molecule has 1 saturated carbocycles. The van der Waals surface area contributed by atoms with Gasteiger partial charge in [0.1, 0.15) is 0 Å². The Hall–Kier alpha value is -2.04. The van der Waals surface area contributed by atoms with Gasteiger partial charge in [-0.05, 0) is 37.7 Å². The summed E-state index contributed by atoms with van der Waals surface area (Å²) in [5, 5.41) is 6.21. The van der Waals surface area contributed by atoms with Gasteiger partial charge in [0.15, 0.2) is 0 Å². The third kappa shape index (κ3) is 5.72. The van der Waals surface area contributed by atoms with Gasteiger partial charge in [0.2, 0.25) is 5.91 Å². The Kier molecular flexibility index (Phi) is 7.55. The second-order valence-corrected chi connectivity index (χ2v) is 7.82. The van der Waals surface area contributed by atoms with Gasteiger partial charge in [-0.15, -0.1) is 0 Å². The summed E-state index contributed by atoms with van der Waals surface area (Å²) in [5.74, 6) is 0.0837. The van der Waals surface area contributed by atoms with E-state index in [2.05, 4.69) is 22.8 Å². The predicted octanol–water partition coefficient (Wildman–Crippen LogP) is 3.49. The maximum atomic E-state index is 13.0. The van der Waals surface area contributed by atoms with Crippen molar-refractivity contribution in [2.45, 2.75) is 63.8 Å². The van der Waals surface area contributed by atoms with E-state index in [1.54, 1.807) is 0 Å². The molecule has 5 heteroatoms. The van der Waals surface area contributed by atoms with E-state index in [0.717, 1.165) is 70.9 Å². The van der Waals surface area contributed by atoms with Gasteiger partial charge in [0.05, 0.1) is 5.92 Å². The van der Waals surface area contributed by atoms with Crippen LogP contribution >= 0.6 is 0 Å². The van der Waals surface area contributed by atoms with Crippen LogP contribution in [0, 0.1) is 5.92 Å². The number of hydrogen-bond acceptors (Lipinski definition) is 2. The predicted molar refractivity (Wildman–Crippen MR) is 107 cm³/mol. The van der Waals surface area contributed by atoms with Crippen LogP contribution in [0.3, 0.4) is 0 Å². The van der Waals surface area contributed by atoms with E-state index in [1.165, 1.54) is 5.56 Å². The Labute approximate surface area is 162 Å². The summed E-state index contributed by atoms with van der Waals surface area (Å²) < 4.78 is 0. The molecule has 0 spiro atoms. The molecular formula is C22H33N3O2. The van der Waals surface area contributed by atoms with Crippen molar-refractivity contribution in [1.82, 2.24) is 15.5 Å². The Morgan fingerprint density at radius 1 is 1.04 bits per heavy atom. The molecule has 0 radical (unpaired) electrons.